The highest BCUT2D eigenvalue weighted by atomic mass is 16.5. The number of carboxylic acids is 1. The van der Waals surface area contributed by atoms with Crippen molar-refractivity contribution in [3.05, 3.63) is 29.8 Å². The topological polar surface area (TPSA) is 88.0 Å². The lowest BCUT2D eigenvalue weighted by atomic mass is 10.1. The molecule has 1 amide bonds. The van der Waals surface area contributed by atoms with Crippen molar-refractivity contribution in [2.24, 2.45) is 5.10 Å². The molecule has 1 rings (SSSR count). The van der Waals surface area contributed by atoms with Gasteiger partial charge in [0.25, 0.3) is 0 Å². The van der Waals surface area contributed by atoms with Gasteiger partial charge in [-0.2, -0.15) is 5.10 Å². The van der Waals surface area contributed by atoms with Crippen LogP contribution in [-0.4, -0.2) is 29.8 Å². The standard InChI is InChI=1S/C17H20N2O4/c1-2-12-23-15-10-8-14(9-11-15)13-18-19-16(20)6-4-3-5-7-17(21)22/h1,8-11,13H,3-7,12H2,(H,19,20)(H,21,22)/b18-13+. The van der Waals surface area contributed by atoms with Gasteiger partial charge in [0.15, 0.2) is 0 Å². The van der Waals surface area contributed by atoms with Crippen molar-refractivity contribution in [2.75, 3.05) is 6.61 Å². The SMILES string of the molecule is C#CCOc1ccc(/C=N/NC(=O)CCCCCC(=O)O)cc1. The minimum Gasteiger partial charge on any atom is -0.481 e. The molecule has 1 aromatic rings. The monoisotopic (exact) mass is 316 g/mol. The first-order chi connectivity index (χ1) is 11.1. The van der Waals surface area contributed by atoms with E-state index in [0.29, 0.717) is 31.4 Å². The maximum Gasteiger partial charge on any atom is 0.303 e. The third-order valence-electron chi connectivity index (χ3n) is 2.90. The molecule has 0 aliphatic heterocycles. The molecule has 6 nitrogen and oxygen atoms in total. The second-order valence-corrected chi connectivity index (χ2v) is 4.81. The molecule has 0 fully saturated rings. The predicted molar refractivity (Wildman–Crippen MR) is 87.2 cm³/mol. The molecule has 122 valence electrons. The van der Waals surface area contributed by atoms with E-state index in [1.165, 1.54) is 6.21 Å². The van der Waals surface area contributed by atoms with Gasteiger partial charge in [-0.15, -0.1) is 6.42 Å². The van der Waals surface area contributed by atoms with Gasteiger partial charge in [-0.1, -0.05) is 12.3 Å². The minimum absolute atomic E-state index is 0.140. The third kappa shape index (κ3) is 8.94. The summed E-state index contributed by atoms with van der Waals surface area (Å²) in [6.45, 7) is 0.218. The second-order valence-electron chi connectivity index (χ2n) is 4.81. The maximum atomic E-state index is 11.5. The number of amides is 1. The largest absolute Gasteiger partial charge is 0.481 e. The zero-order valence-electron chi connectivity index (χ0n) is 12.8. The van der Waals surface area contributed by atoms with Crippen LogP contribution in [0, 0.1) is 12.3 Å². The average molecular weight is 316 g/mol. The summed E-state index contributed by atoms with van der Waals surface area (Å²) in [5, 5.41) is 12.4. The van der Waals surface area contributed by atoms with E-state index in [2.05, 4.69) is 16.4 Å². The van der Waals surface area contributed by atoms with Crippen LogP contribution in [0.25, 0.3) is 0 Å². The molecule has 0 bridgehead atoms. The molecule has 0 heterocycles. The summed E-state index contributed by atoms with van der Waals surface area (Å²) in [5.41, 5.74) is 3.26. The molecule has 0 saturated carbocycles. The molecule has 2 N–H and O–H groups in total. The normalized spacial score (nSPS) is 10.2. The number of rotatable bonds is 10. The van der Waals surface area contributed by atoms with E-state index in [4.69, 9.17) is 16.3 Å². The number of hydrogen-bond acceptors (Lipinski definition) is 4. The van der Waals surface area contributed by atoms with E-state index in [9.17, 15) is 9.59 Å². The Morgan fingerprint density at radius 1 is 1.22 bits per heavy atom. The van der Waals surface area contributed by atoms with Gasteiger partial charge in [-0.3, -0.25) is 9.59 Å². The van der Waals surface area contributed by atoms with E-state index in [0.717, 1.165) is 5.56 Å². The molecule has 0 aromatic heterocycles. The number of nitrogens with one attached hydrogen (secondary N) is 1. The van der Waals surface area contributed by atoms with Crippen molar-refractivity contribution < 1.29 is 19.4 Å². The highest BCUT2D eigenvalue weighted by Crippen LogP contribution is 2.10. The Hall–Kier alpha value is -2.81. The molecule has 0 spiro atoms. The van der Waals surface area contributed by atoms with Gasteiger partial charge in [0.05, 0.1) is 6.21 Å². The Bertz CT molecular complexity index is 573. The fourth-order valence-electron chi connectivity index (χ4n) is 1.75. The van der Waals surface area contributed by atoms with Crippen molar-refractivity contribution in [2.45, 2.75) is 32.1 Å². The van der Waals surface area contributed by atoms with Gasteiger partial charge in [0, 0.05) is 12.8 Å². The average Bonchev–Trinajstić information content (AvgIpc) is 2.53. The third-order valence-corrected chi connectivity index (χ3v) is 2.90. The number of aliphatic carboxylic acids is 1. The number of terminal acetylenes is 1. The van der Waals surface area contributed by atoms with E-state index < -0.39 is 5.97 Å². The Morgan fingerprint density at radius 2 is 1.91 bits per heavy atom. The summed E-state index contributed by atoms with van der Waals surface area (Å²) in [7, 11) is 0. The van der Waals surface area contributed by atoms with Gasteiger partial charge in [-0.25, -0.2) is 5.43 Å². The number of carbonyl (C=O) groups excluding carboxylic acids is 1. The van der Waals surface area contributed by atoms with Crippen LogP contribution < -0.4 is 10.2 Å². The lowest BCUT2D eigenvalue weighted by Gasteiger charge is -2.02. The number of hydrazone groups is 1. The first-order valence-corrected chi connectivity index (χ1v) is 7.32. The van der Waals surface area contributed by atoms with Crippen LogP contribution in [0.2, 0.25) is 0 Å². The zero-order valence-corrected chi connectivity index (χ0v) is 12.8. The predicted octanol–water partition coefficient (Wildman–Crippen LogP) is 2.18. The summed E-state index contributed by atoms with van der Waals surface area (Å²) in [5.74, 6) is 2.05. The molecule has 0 unspecified atom stereocenters. The number of hydrogen-bond donors (Lipinski definition) is 2. The molecule has 0 aliphatic rings. The quantitative estimate of drug-likeness (QED) is 0.300. The number of ether oxygens (including phenoxy) is 1. The Balaban J connectivity index is 2.23. The molecule has 6 heteroatoms. The van der Waals surface area contributed by atoms with Crippen LogP contribution in [0.1, 0.15) is 37.7 Å². The highest BCUT2D eigenvalue weighted by molar-refractivity contribution is 5.82. The molecule has 0 saturated heterocycles. The van der Waals surface area contributed by atoms with Crippen LogP contribution in [0.3, 0.4) is 0 Å². The smallest absolute Gasteiger partial charge is 0.303 e. The van der Waals surface area contributed by atoms with Crippen molar-refractivity contribution in [1.82, 2.24) is 5.43 Å². The zero-order chi connectivity index (χ0) is 16.9. The number of nitrogens with zero attached hydrogens (tertiary/aromatic N) is 1. The van der Waals surface area contributed by atoms with Crippen LogP contribution >= 0.6 is 0 Å². The van der Waals surface area contributed by atoms with Crippen molar-refractivity contribution >= 4 is 18.1 Å². The Labute approximate surface area is 135 Å². The van der Waals surface area contributed by atoms with Crippen molar-refractivity contribution in [3.63, 3.8) is 0 Å². The van der Waals surface area contributed by atoms with Crippen LogP contribution in [0.15, 0.2) is 29.4 Å². The first kappa shape index (κ1) is 18.2. The maximum absolute atomic E-state index is 11.5. The Kier molecular flexibility index (Phi) is 8.61. The number of carboxylic acid groups (broad SMARTS) is 1. The molecule has 0 atom stereocenters. The molecule has 0 radical (unpaired) electrons. The van der Waals surface area contributed by atoms with Gasteiger partial charge < -0.3 is 9.84 Å². The van der Waals surface area contributed by atoms with E-state index in [1.54, 1.807) is 24.3 Å². The summed E-state index contributed by atoms with van der Waals surface area (Å²) in [6.07, 6.45) is 9.05. The molecule has 0 aliphatic carbocycles. The van der Waals surface area contributed by atoms with Crippen molar-refractivity contribution in [1.29, 1.82) is 0 Å². The summed E-state index contributed by atoms with van der Waals surface area (Å²) >= 11 is 0. The lowest BCUT2D eigenvalue weighted by molar-refractivity contribution is -0.137. The number of carbonyl (C=O) groups is 2. The molecular weight excluding hydrogens is 296 g/mol. The fourth-order valence-corrected chi connectivity index (χ4v) is 1.75. The summed E-state index contributed by atoms with van der Waals surface area (Å²) < 4.78 is 5.24. The molecular formula is C17H20N2O4. The number of unbranched alkanes of at least 4 members (excludes halogenated alkanes) is 2. The molecule has 23 heavy (non-hydrogen) atoms. The van der Waals surface area contributed by atoms with Gasteiger partial charge in [0.1, 0.15) is 12.4 Å². The lowest BCUT2D eigenvalue weighted by Crippen LogP contribution is -2.16. The Morgan fingerprint density at radius 3 is 2.57 bits per heavy atom. The van der Waals surface area contributed by atoms with Gasteiger partial charge in [-0.05, 0) is 42.7 Å². The summed E-state index contributed by atoms with van der Waals surface area (Å²) in [6, 6.07) is 7.13. The van der Waals surface area contributed by atoms with Gasteiger partial charge in [0.2, 0.25) is 5.91 Å². The summed E-state index contributed by atoms with van der Waals surface area (Å²) in [4.78, 5) is 21.9. The first-order valence-electron chi connectivity index (χ1n) is 7.32. The van der Waals surface area contributed by atoms with Gasteiger partial charge >= 0.3 is 5.97 Å². The fraction of sp³-hybridized carbons (Fsp3) is 0.353. The minimum atomic E-state index is -0.810. The second kappa shape index (κ2) is 10.9. The van der Waals surface area contributed by atoms with E-state index in [1.807, 2.05) is 0 Å². The van der Waals surface area contributed by atoms with Crippen molar-refractivity contribution in [3.8, 4) is 18.1 Å². The van der Waals surface area contributed by atoms with E-state index in [-0.39, 0.29) is 18.9 Å². The van der Waals surface area contributed by atoms with Crippen LogP contribution in [0.4, 0.5) is 0 Å². The van der Waals surface area contributed by atoms with E-state index >= 15 is 0 Å². The molecule has 1 aromatic carbocycles. The van der Waals surface area contributed by atoms with Crippen LogP contribution in [-0.2, 0) is 9.59 Å². The number of benzene rings is 1. The highest BCUT2D eigenvalue weighted by Gasteiger charge is 2.01. The van der Waals surface area contributed by atoms with Crippen LogP contribution in [0.5, 0.6) is 5.75 Å².